The van der Waals surface area contributed by atoms with Gasteiger partial charge in [-0.15, -0.1) is 0 Å². The van der Waals surface area contributed by atoms with Crippen LogP contribution in [0, 0.1) is 6.92 Å². The molecular formula is C20H32N4O3. The third-order valence-electron chi connectivity index (χ3n) is 5.04. The average Bonchev–Trinajstić information content (AvgIpc) is 3.02. The maximum atomic E-state index is 9.68. The van der Waals surface area contributed by atoms with E-state index in [0.717, 1.165) is 69.3 Å². The van der Waals surface area contributed by atoms with E-state index in [1.54, 1.807) is 0 Å². The Morgan fingerprint density at radius 1 is 1.30 bits per heavy atom. The molecule has 0 aliphatic carbocycles. The average molecular weight is 377 g/mol. The fourth-order valence-corrected chi connectivity index (χ4v) is 3.55. The number of aliphatic hydroxyl groups excluding tert-OH is 1. The Bertz CT molecular complexity index is 724. The molecule has 0 spiro atoms. The van der Waals surface area contributed by atoms with Crippen LogP contribution in [0.2, 0.25) is 0 Å². The van der Waals surface area contributed by atoms with Crippen LogP contribution < -0.4 is 5.32 Å². The quantitative estimate of drug-likeness (QED) is 0.768. The Hall–Kier alpha value is -1.96. The summed E-state index contributed by atoms with van der Waals surface area (Å²) in [5, 5.41) is 12.9. The Morgan fingerprint density at radius 3 is 2.63 bits per heavy atom. The monoisotopic (exact) mass is 376 g/mol. The van der Waals surface area contributed by atoms with Crippen LogP contribution in [0.4, 0.5) is 5.69 Å². The zero-order valence-corrected chi connectivity index (χ0v) is 16.7. The van der Waals surface area contributed by atoms with Gasteiger partial charge in [-0.2, -0.15) is 0 Å². The number of hydrogen-bond donors (Lipinski definition) is 2. The summed E-state index contributed by atoms with van der Waals surface area (Å²) in [7, 11) is 1.94. The minimum atomic E-state index is -0.301. The van der Waals surface area contributed by atoms with Crippen molar-refractivity contribution in [2.45, 2.75) is 39.3 Å². The van der Waals surface area contributed by atoms with Gasteiger partial charge in [-0.1, -0.05) is 0 Å². The van der Waals surface area contributed by atoms with Crippen LogP contribution in [0.25, 0.3) is 11.0 Å². The number of carbonyl (C=O) groups is 1. The molecule has 1 aliphatic rings. The SMILES string of the molecule is C=O.CNc1ccc2c(nc(C)n2CCN2CCOCC2)c1CCC(C)O. The van der Waals surface area contributed by atoms with E-state index in [1.807, 2.05) is 20.8 Å². The lowest BCUT2D eigenvalue weighted by molar-refractivity contribution is -0.0979. The highest BCUT2D eigenvalue weighted by Gasteiger charge is 2.16. The van der Waals surface area contributed by atoms with Crippen LogP contribution in [-0.4, -0.2) is 72.3 Å². The van der Waals surface area contributed by atoms with Gasteiger partial charge in [-0.05, 0) is 38.8 Å². The Morgan fingerprint density at radius 2 is 2.00 bits per heavy atom. The van der Waals surface area contributed by atoms with Crippen LogP contribution in [0.15, 0.2) is 12.1 Å². The maximum absolute atomic E-state index is 9.68. The molecule has 0 amide bonds. The number of nitrogens with one attached hydrogen (secondary N) is 1. The third-order valence-corrected chi connectivity index (χ3v) is 5.04. The van der Waals surface area contributed by atoms with Crippen LogP contribution in [0.5, 0.6) is 0 Å². The van der Waals surface area contributed by atoms with E-state index >= 15 is 0 Å². The minimum absolute atomic E-state index is 0.301. The number of imidazole rings is 1. The lowest BCUT2D eigenvalue weighted by Gasteiger charge is -2.26. The summed E-state index contributed by atoms with van der Waals surface area (Å²) >= 11 is 0. The normalized spacial score (nSPS) is 16.0. The van der Waals surface area contributed by atoms with Gasteiger partial charge in [0.15, 0.2) is 0 Å². The van der Waals surface area contributed by atoms with Crippen LogP contribution >= 0.6 is 0 Å². The predicted octanol–water partition coefficient (Wildman–Crippen LogP) is 1.85. The molecule has 1 fully saturated rings. The van der Waals surface area contributed by atoms with Gasteiger partial charge in [0.1, 0.15) is 12.6 Å². The van der Waals surface area contributed by atoms with E-state index in [1.165, 1.54) is 11.1 Å². The molecule has 1 aliphatic heterocycles. The van der Waals surface area contributed by atoms with Gasteiger partial charge in [0.2, 0.25) is 0 Å². The molecule has 1 atom stereocenters. The van der Waals surface area contributed by atoms with Gasteiger partial charge in [0.05, 0.1) is 30.4 Å². The van der Waals surface area contributed by atoms with Crippen molar-refractivity contribution in [1.29, 1.82) is 0 Å². The molecule has 3 rings (SSSR count). The summed E-state index contributed by atoms with van der Waals surface area (Å²) in [5.41, 5.74) is 4.55. The molecule has 27 heavy (non-hydrogen) atoms. The molecule has 0 radical (unpaired) electrons. The highest BCUT2D eigenvalue weighted by atomic mass is 16.5. The summed E-state index contributed by atoms with van der Waals surface area (Å²) in [6, 6.07) is 4.29. The number of fused-ring (bicyclic) bond motifs is 1. The zero-order valence-electron chi connectivity index (χ0n) is 16.7. The second kappa shape index (κ2) is 10.4. The van der Waals surface area contributed by atoms with Crippen LogP contribution in [-0.2, 0) is 22.5 Å². The van der Waals surface area contributed by atoms with Crippen molar-refractivity contribution in [3.8, 4) is 0 Å². The number of benzene rings is 1. The lowest BCUT2D eigenvalue weighted by atomic mass is 10.0. The molecule has 1 unspecified atom stereocenters. The van der Waals surface area contributed by atoms with Crippen molar-refractivity contribution >= 4 is 23.5 Å². The Labute approximate surface area is 161 Å². The van der Waals surface area contributed by atoms with Crippen molar-refractivity contribution < 1.29 is 14.6 Å². The van der Waals surface area contributed by atoms with Crippen molar-refractivity contribution in [3.05, 3.63) is 23.5 Å². The summed E-state index contributed by atoms with van der Waals surface area (Å²) in [4.78, 5) is 15.3. The molecule has 2 aromatic rings. The highest BCUT2D eigenvalue weighted by Crippen LogP contribution is 2.28. The topological polar surface area (TPSA) is 79.6 Å². The molecule has 2 heterocycles. The number of ether oxygens (including phenoxy) is 1. The lowest BCUT2D eigenvalue weighted by Crippen LogP contribution is -2.38. The van der Waals surface area contributed by atoms with Gasteiger partial charge >= 0.3 is 0 Å². The first-order valence-electron chi connectivity index (χ1n) is 9.53. The number of hydrogen-bond acceptors (Lipinski definition) is 6. The largest absolute Gasteiger partial charge is 0.393 e. The summed E-state index contributed by atoms with van der Waals surface area (Å²) in [6.07, 6.45) is 1.27. The molecular weight excluding hydrogens is 344 g/mol. The maximum Gasteiger partial charge on any atom is 0.106 e. The van der Waals surface area contributed by atoms with Crippen LogP contribution in [0.1, 0.15) is 24.7 Å². The van der Waals surface area contributed by atoms with E-state index in [9.17, 15) is 5.11 Å². The molecule has 1 aromatic heterocycles. The molecule has 1 saturated heterocycles. The number of aryl methyl sites for hydroxylation is 2. The number of aliphatic hydroxyl groups is 1. The van der Waals surface area contributed by atoms with E-state index in [0.29, 0.717) is 0 Å². The van der Waals surface area contributed by atoms with Crippen molar-refractivity contribution in [1.82, 2.24) is 14.5 Å². The minimum Gasteiger partial charge on any atom is -0.393 e. The first-order chi connectivity index (χ1) is 13.1. The standard InChI is InChI=1S/C19H30N4O2.CH2O/c1-14(24)4-5-16-17(20-3)6-7-18-19(16)21-15(2)23(18)9-8-22-10-12-25-13-11-22;1-2/h6-7,14,20,24H,4-5,8-13H2,1-3H3;1H2. The van der Waals surface area contributed by atoms with E-state index in [4.69, 9.17) is 14.5 Å². The fraction of sp³-hybridized carbons (Fsp3) is 0.600. The third kappa shape index (κ3) is 5.28. The summed E-state index contributed by atoms with van der Waals surface area (Å²) < 4.78 is 7.75. The summed E-state index contributed by atoms with van der Waals surface area (Å²) in [6.45, 7) is 11.6. The Balaban J connectivity index is 0.00000126. The van der Waals surface area contributed by atoms with Crippen molar-refractivity contribution in [2.75, 3.05) is 45.2 Å². The number of anilines is 1. The van der Waals surface area contributed by atoms with Crippen LogP contribution in [0.3, 0.4) is 0 Å². The number of nitrogens with zero attached hydrogens (tertiary/aromatic N) is 3. The van der Waals surface area contributed by atoms with E-state index in [2.05, 4.69) is 33.8 Å². The smallest absolute Gasteiger partial charge is 0.106 e. The van der Waals surface area contributed by atoms with Crippen molar-refractivity contribution in [2.24, 2.45) is 0 Å². The zero-order chi connectivity index (χ0) is 19.8. The molecule has 0 bridgehead atoms. The molecule has 2 N–H and O–H groups in total. The molecule has 7 heteroatoms. The number of morpholine rings is 1. The van der Waals surface area contributed by atoms with E-state index < -0.39 is 0 Å². The number of carbonyl (C=O) groups excluding carboxylic acids is 1. The highest BCUT2D eigenvalue weighted by molar-refractivity contribution is 5.85. The van der Waals surface area contributed by atoms with Gasteiger partial charge < -0.3 is 24.5 Å². The first-order valence-corrected chi connectivity index (χ1v) is 9.53. The second-order valence-corrected chi connectivity index (χ2v) is 6.86. The Kier molecular flexibility index (Phi) is 8.22. The second-order valence-electron chi connectivity index (χ2n) is 6.86. The van der Waals surface area contributed by atoms with Gasteiger partial charge in [-0.3, -0.25) is 4.90 Å². The van der Waals surface area contributed by atoms with Gasteiger partial charge in [0.25, 0.3) is 0 Å². The first kappa shape index (κ1) is 21.3. The predicted molar refractivity (Wildman–Crippen MR) is 108 cm³/mol. The molecule has 7 nitrogen and oxygen atoms in total. The number of aromatic nitrogens is 2. The summed E-state index contributed by atoms with van der Waals surface area (Å²) in [5.74, 6) is 1.05. The van der Waals surface area contributed by atoms with E-state index in [-0.39, 0.29) is 6.10 Å². The van der Waals surface area contributed by atoms with Crippen molar-refractivity contribution in [3.63, 3.8) is 0 Å². The van der Waals surface area contributed by atoms with Gasteiger partial charge in [0, 0.05) is 44.5 Å². The molecule has 0 saturated carbocycles. The molecule has 1 aromatic carbocycles. The van der Waals surface area contributed by atoms with Gasteiger partial charge in [-0.25, -0.2) is 4.98 Å². The molecule has 150 valence electrons. The fourth-order valence-electron chi connectivity index (χ4n) is 3.55. The number of rotatable bonds is 7.